The second-order valence-electron chi connectivity index (χ2n) is 7.68. The molecule has 170 valence electrons. The molecular weight excluding hydrogens is 488 g/mol. The van der Waals surface area contributed by atoms with Crippen molar-refractivity contribution in [1.29, 1.82) is 0 Å². The Hall–Kier alpha value is -3.01. The molecule has 0 aliphatic carbocycles. The van der Waals surface area contributed by atoms with Crippen molar-refractivity contribution in [1.82, 2.24) is 5.32 Å². The summed E-state index contributed by atoms with van der Waals surface area (Å²) < 4.78 is 35.4. The summed E-state index contributed by atoms with van der Waals surface area (Å²) in [5.74, 6) is -2.18. The van der Waals surface area contributed by atoms with Gasteiger partial charge in [0.1, 0.15) is 11.8 Å². The molecule has 0 radical (unpaired) electrons. The second-order valence-corrected chi connectivity index (χ2v) is 8.53. The number of nitrogens with zero attached hydrogens (tertiary/aromatic N) is 1. The molecule has 1 atom stereocenters. The molecule has 2 amide bonds. The smallest absolute Gasteiger partial charge is 0.414 e. The summed E-state index contributed by atoms with van der Waals surface area (Å²) in [6.07, 6.45) is -1.42. The van der Waals surface area contributed by atoms with Crippen LogP contribution >= 0.6 is 15.9 Å². The molecule has 2 N–H and O–H groups in total. The van der Waals surface area contributed by atoms with E-state index in [4.69, 9.17) is 4.74 Å². The van der Waals surface area contributed by atoms with Crippen LogP contribution in [0.4, 0.5) is 30.6 Å². The quantitative estimate of drug-likeness (QED) is 0.601. The van der Waals surface area contributed by atoms with Gasteiger partial charge in [0.15, 0.2) is 11.6 Å². The number of anilines is 3. The second kappa shape index (κ2) is 9.64. The highest BCUT2D eigenvalue weighted by Crippen LogP contribution is 2.30. The summed E-state index contributed by atoms with van der Waals surface area (Å²) in [7, 11) is 0. The van der Waals surface area contributed by atoms with Crippen LogP contribution < -0.4 is 21.0 Å². The molecule has 0 saturated carbocycles. The molecule has 0 bridgehead atoms. The Bertz CT molecular complexity index is 1100. The minimum Gasteiger partial charge on any atom is -0.442 e. The van der Waals surface area contributed by atoms with Gasteiger partial charge in [-0.15, -0.1) is 0 Å². The number of halogens is 3. The van der Waals surface area contributed by atoms with E-state index >= 15 is 0 Å². The molecule has 0 aromatic heterocycles. The van der Waals surface area contributed by atoms with E-state index in [0.29, 0.717) is 4.47 Å². The molecule has 7 nitrogen and oxygen atoms in total. The normalized spacial score (nSPS) is 15.7. The zero-order valence-corrected chi connectivity index (χ0v) is 19.3. The van der Waals surface area contributed by atoms with Crippen LogP contribution in [0, 0.1) is 11.6 Å². The van der Waals surface area contributed by atoms with Crippen LogP contribution in [0.25, 0.3) is 0 Å². The average Bonchev–Trinajstić information content (AvgIpc) is 3.02. The summed E-state index contributed by atoms with van der Waals surface area (Å²) in [4.78, 5) is 36.8. The van der Waals surface area contributed by atoms with Crippen LogP contribution in [-0.4, -0.2) is 31.2 Å². The van der Waals surface area contributed by atoms with Crippen molar-refractivity contribution < 1.29 is 23.1 Å². The average molecular weight is 510 g/mol. The number of cyclic esters (lactones) is 1. The number of benzene rings is 1. The van der Waals surface area contributed by atoms with Gasteiger partial charge < -0.3 is 15.4 Å². The largest absolute Gasteiger partial charge is 0.442 e. The zero-order valence-electron chi connectivity index (χ0n) is 17.7. The first-order valence-corrected chi connectivity index (χ1v) is 10.7. The number of amides is 2. The number of hydrogen-bond donors (Lipinski definition) is 2. The van der Waals surface area contributed by atoms with E-state index in [2.05, 4.69) is 26.6 Å². The fourth-order valence-corrected chi connectivity index (χ4v) is 3.94. The number of rotatable bonds is 6. The van der Waals surface area contributed by atoms with Gasteiger partial charge in [-0.25, -0.2) is 13.6 Å². The number of carbonyl (C=O) groups excluding carboxylic acids is 2. The van der Waals surface area contributed by atoms with Crippen molar-refractivity contribution in [3.63, 3.8) is 0 Å². The molecule has 10 heteroatoms. The maximum atomic E-state index is 14.8. The van der Waals surface area contributed by atoms with E-state index in [1.807, 2.05) is 13.8 Å². The third kappa shape index (κ3) is 5.24. The van der Waals surface area contributed by atoms with Crippen molar-refractivity contribution in [3.05, 3.63) is 62.2 Å². The third-order valence-corrected chi connectivity index (χ3v) is 5.62. The van der Waals surface area contributed by atoms with E-state index < -0.39 is 34.9 Å². The molecule has 1 aliphatic heterocycles. The summed E-state index contributed by atoms with van der Waals surface area (Å²) in [5, 5.41) is 5.06. The lowest BCUT2D eigenvalue weighted by Gasteiger charge is -2.15. The van der Waals surface area contributed by atoms with Gasteiger partial charge in [-0.1, -0.05) is 29.8 Å². The minimum atomic E-state index is -0.979. The molecule has 32 heavy (non-hydrogen) atoms. The van der Waals surface area contributed by atoms with Gasteiger partial charge in [0, 0.05) is 23.5 Å². The Morgan fingerprint density at radius 1 is 1.22 bits per heavy atom. The third-order valence-electron chi connectivity index (χ3n) is 4.90. The Morgan fingerprint density at radius 2 is 1.88 bits per heavy atom. The van der Waals surface area contributed by atoms with Crippen LogP contribution in [0.3, 0.4) is 0 Å². The number of nitrogens with one attached hydrogen (secondary N) is 2. The lowest BCUT2D eigenvalue weighted by molar-refractivity contribution is -0.119. The Balaban J connectivity index is 1.86. The molecule has 1 aliphatic rings. The van der Waals surface area contributed by atoms with Gasteiger partial charge in [-0.3, -0.25) is 14.5 Å². The van der Waals surface area contributed by atoms with Crippen molar-refractivity contribution >= 4 is 45.0 Å². The fraction of sp³-hybridized carbons (Fsp3) is 0.318. The van der Waals surface area contributed by atoms with Crippen molar-refractivity contribution in [3.8, 4) is 0 Å². The molecule has 2 aromatic rings. The van der Waals surface area contributed by atoms with E-state index in [-0.39, 0.29) is 36.3 Å². The van der Waals surface area contributed by atoms with Crippen LogP contribution in [0.5, 0.6) is 0 Å². The van der Waals surface area contributed by atoms with Gasteiger partial charge in [0.05, 0.1) is 24.5 Å². The Labute approximate surface area is 191 Å². The van der Waals surface area contributed by atoms with Gasteiger partial charge in [-0.05, 0) is 29.7 Å². The van der Waals surface area contributed by atoms with E-state index in [0.717, 1.165) is 22.6 Å². The lowest BCUT2D eigenvalue weighted by atomic mass is 10.1. The number of ether oxygens (including phenoxy) is 1. The monoisotopic (exact) mass is 509 g/mol. The molecule has 3 rings (SSSR count). The zero-order chi connectivity index (χ0) is 23.6. The van der Waals surface area contributed by atoms with Crippen molar-refractivity contribution in [2.75, 3.05) is 23.3 Å². The predicted octanol–water partition coefficient (Wildman–Crippen LogP) is 4.42. The van der Waals surface area contributed by atoms with Crippen LogP contribution in [0.2, 0.25) is 0 Å². The highest BCUT2D eigenvalue weighted by Gasteiger charge is 2.33. The summed E-state index contributed by atoms with van der Waals surface area (Å²) in [6, 6.07) is 6.46. The lowest BCUT2D eigenvalue weighted by Crippen LogP contribution is -2.33. The van der Waals surface area contributed by atoms with Gasteiger partial charge in [0.25, 0.3) is 0 Å². The van der Waals surface area contributed by atoms with Gasteiger partial charge in [0.2, 0.25) is 11.3 Å². The topological polar surface area (TPSA) is 87.7 Å². The SMILES string of the molecule is CC(=O)NC[C@H]1CN(c2cc(F)c(Nc3ccc(Br)c(C(C)C)cc3=O)c(F)c2)C(=O)O1. The van der Waals surface area contributed by atoms with E-state index in [1.165, 1.54) is 19.1 Å². The Morgan fingerprint density at radius 3 is 2.47 bits per heavy atom. The number of carbonyl (C=O) groups is 2. The molecule has 0 unspecified atom stereocenters. The van der Waals surface area contributed by atoms with Crippen molar-refractivity contribution in [2.24, 2.45) is 0 Å². The summed E-state index contributed by atoms with van der Waals surface area (Å²) in [5.41, 5.74) is -0.209. The first kappa shape index (κ1) is 23.6. The maximum Gasteiger partial charge on any atom is 0.414 e. The van der Waals surface area contributed by atoms with Crippen LogP contribution in [0.15, 0.2) is 39.6 Å². The number of hydrogen-bond acceptors (Lipinski definition) is 5. The maximum absolute atomic E-state index is 14.8. The van der Waals surface area contributed by atoms with Crippen molar-refractivity contribution in [2.45, 2.75) is 32.8 Å². The van der Waals surface area contributed by atoms with E-state index in [9.17, 15) is 23.2 Å². The first-order valence-electron chi connectivity index (χ1n) is 9.89. The van der Waals surface area contributed by atoms with Gasteiger partial charge in [-0.2, -0.15) is 0 Å². The fourth-order valence-electron chi connectivity index (χ4n) is 3.23. The van der Waals surface area contributed by atoms with Gasteiger partial charge >= 0.3 is 6.09 Å². The molecule has 0 spiro atoms. The molecule has 1 heterocycles. The molecular formula is C22H22BrF2N3O4. The molecule has 1 saturated heterocycles. The summed E-state index contributed by atoms with van der Waals surface area (Å²) in [6.45, 7) is 5.29. The highest BCUT2D eigenvalue weighted by atomic mass is 79.9. The van der Waals surface area contributed by atoms with E-state index in [1.54, 1.807) is 6.07 Å². The first-order chi connectivity index (χ1) is 15.1. The molecule has 1 fully saturated rings. The van der Waals surface area contributed by atoms with Crippen LogP contribution in [-0.2, 0) is 9.53 Å². The Kier molecular flexibility index (Phi) is 7.12. The summed E-state index contributed by atoms with van der Waals surface area (Å²) >= 11 is 3.40. The minimum absolute atomic E-state index is 0.000830. The standard InChI is InChI=1S/C22H22BrF2N3O4/c1-11(2)15-8-20(30)19(5-4-16(15)23)27-21-17(24)6-13(7-18(21)25)28-10-14(32-22(28)31)9-26-12(3)29/h4-8,11,14H,9-10H2,1-3H3,(H,26,29)(H,27,30)/t14-/m0/s1. The predicted molar refractivity (Wildman–Crippen MR) is 120 cm³/mol. The van der Waals surface area contributed by atoms with Crippen LogP contribution in [0.1, 0.15) is 32.3 Å². The highest BCUT2D eigenvalue weighted by molar-refractivity contribution is 9.10. The molecule has 2 aromatic carbocycles.